The summed E-state index contributed by atoms with van der Waals surface area (Å²) in [6.45, 7) is 0. The van der Waals surface area contributed by atoms with E-state index in [0.717, 1.165) is 16.8 Å². The highest BCUT2D eigenvalue weighted by molar-refractivity contribution is 6.10. The minimum absolute atomic E-state index is 0.175. The van der Waals surface area contributed by atoms with Crippen molar-refractivity contribution in [1.82, 2.24) is 20.2 Å². The summed E-state index contributed by atoms with van der Waals surface area (Å²) < 4.78 is 52.9. The number of benzene rings is 1. The molecule has 20 heavy (non-hydrogen) atoms. The van der Waals surface area contributed by atoms with Gasteiger partial charge in [-0.25, -0.2) is 9.07 Å². The van der Waals surface area contributed by atoms with E-state index in [2.05, 4.69) is 20.7 Å². The number of tetrazole rings is 1. The average Bonchev–Trinajstić information content (AvgIpc) is 2.77. The van der Waals surface area contributed by atoms with Crippen LogP contribution >= 0.6 is 0 Å². The van der Waals surface area contributed by atoms with Gasteiger partial charge in [0.1, 0.15) is 5.82 Å². The Bertz CT molecular complexity index is 664. The molecule has 10 heteroatoms. The van der Waals surface area contributed by atoms with Crippen LogP contribution in [0.5, 0.6) is 0 Å². The molecular weight excluding hydrogens is 282 g/mol. The molecule has 0 saturated carbocycles. The predicted molar refractivity (Wildman–Crippen MR) is 57.6 cm³/mol. The second-order valence-corrected chi connectivity index (χ2v) is 3.74. The Labute approximate surface area is 109 Å². The molecule has 0 radical (unpaired) electrons. The van der Waals surface area contributed by atoms with E-state index in [4.69, 9.17) is 5.21 Å². The van der Waals surface area contributed by atoms with E-state index in [1.165, 1.54) is 7.05 Å². The van der Waals surface area contributed by atoms with Crippen LogP contribution in [-0.4, -0.2) is 31.1 Å². The molecule has 0 saturated heterocycles. The van der Waals surface area contributed by atoms with Gasteiger partial charge in [-0.2, -0.15) is 13.2 Å². The van der Waals surface area contributed by atoms with E-state index in [-0.39, 0.29) is 5.82 Å². The van der Waals surface area contributed by atoms with E-state index in [1.807, 2.05) is 0 Å². The van der Waals surface area contributed by atoms with Crippen LogP contribution in [0.2, 0.25) is 0 Å². The molecule has 1 heterocycles. The van der Waals surface area contributed by atoms with Gasteiger partial charge in [0.05, 0.1) is 5.56 Å². The average molecular weight is 289 g/mol. The first-order valence-corrected chi connectivity index (χ1v) is 5.17. The Morgan fingerprint density at radius 1 is 1.35 bits per heavy atom. The first kappa shape index (κ1) is 13.9. The number of aromatic nitrogens is 4. The third-order valence-electron chi connectivity index (χ3n) is 2.49. The highest BCUT2D eigenvalue weighted by atomic mass is 19.4. The van der Waals surface area contributed by atoms with Crippen molar-refractivity contribution in [3.8, 4) is 0 Å². The second-order valence-electron chi connectivity index (χ2n) is 3.74. The van der Waals surface area contributed by atoms with Crippen LogP contribution < -0.4 is 0 Å². The van der Waals surface area contributed by atoms with Gasteiger partial charge < -0.3 is 5.21 Å². The maximum Gasteiger partial charge on any atom is 0.419 e. The summed E-state index contributed by atoms with van der Waals surface area (Å²) in [7, 11) is 1.37. The first-order chi connectivity index (χ1) is 9.36. The number of aryl methyl sites for hydroxylation is 1. The lowest BCUT2D eigenvalue weighted by Gasteiger charge is -2.11. The summed E-state index contributed by atoms with van der Waals surface area (Å²) in [4.78, 5) is 0. The maximum atomic E-state index is 13.9. The van der Waals surface area contributed by atoms with Crippen LogP contribution in [0.25, 0.3) is 0 Å². The molecule has 0 aliphatic rings. The summed E-state index contributed by atoms with van der Waals surface area (Å²) in [5.41, 5.74) is -2.52. The molecule has 0 aliphatic carbocycles. The highest BCUT2D eigenvalue weighted by Gasteiger charge is 2.36. The zero-order chi connectivity index (χ0) is 14.9. The van der Waals surface area contributed by atoms with Crippen molar-refractivity contribution >= 4 is 5.71 Å². The summed E-state index contributed by atoms with van der Waals surface area (Å²) in [5.74, 6) is -1.73. The molecule has 0 spiro atoms. The zero-order valence-electron chi connectivity index (χ0n) is 9.93. The van der Waals surface area contributed by atoms with Gasteiger partial charge in [-0.15, -0.1) is 5.10 Å². The minimum Gasteiger partial charge on any atom is -0.410 e. The van der Waals surface area contributed by atoms with Gasteiger partial charge in [-0.1, -0.05) is 11.2 Å². The molecule has 6 nitrogen and oxygen atoms in total. The third kappa shape index (κ3) is 2.31. The smallest absolute Gasteiger partial charge is 0.410 e. The lowest BCUT2D eigenvalue weighted by Crippen LogP contribution is -2.16. The maximum absolute atomic E-state index is 13.9. The monoisotopic (exact) mass is 289 g/mol. The molecule has 106 valence electrons. The van der Waals surface area contributed by atoms with Gasteiger partial charge >= 0.3 is 6.18 Å². The van der Waals surface area contributed by atoms with E-state index in [1.54, 1.807) is 0 Å². The number of rotatable bonds is 2. The Morgan fingerprint density at radius 2 is 2.05 bits per heavy atom. The largest absolute Gasteiger partial charge is 0.419 e. The van der Waals surface area contributed by atoms with Crippen molar-refractivity contribution < 1.29 is 22.8 Å². The fourth-order valence-electron chi connectivity index (χ4n) is 1.58. The molecule has 1 aromatic heterocycles. The molecule has 0 bridgehead atoms. The van der Waals surface area contributed by atoms with E-state index >= 15 is 0 Å². The number of nitrogens with zero attached hydrogens (tertiary/aromatic N) is 5. The summed E-state index contributed by atoms with van der Waals surface area (Å²) in [6.07, 6.45) is -4.86. The minimum atomic E-state index is -4.86. The fraction of sp³-hybridized carbons (Fsp3) is 0.200. The van der Waals surface area contributed by atoms with Gasteiger partial charge in [0.15, 0.2) is 5.71 Å². The van der Waals surface area contributed by atoms with Crippen LogP contribution in [0.1, 0.15) is 17.0 Å². The quantitative estimate of drug-likeness (QED) is 0.394. The SMILES string of the molecule is Cn1nnnc1/C(=N\O)c1cccc(C(F)(F)F)c1F. The number of oxime groups is 1. The van der Waals surface area contributed by atoms with Crippen molar-refractivity contribution in [2.45, 2.75) is 6.18 Å². The standard InChI is InChI=1S/C10H7F4N5O/c1-19-9(15-17-18-19)8(16-20)5-3-2-4-6(7(5)11)10(12,13)14/h2-4,20H,1H3/b16-8-. The summed E-state index contributed by atoms with van der Waals surface area (Å²) in [5, 5.41) is 21.9. The van der Waals surface area contributed by atoms with Crippen LogP contribution in [0.15, 0.2) is 23.4 Å². The summed E-state index contributed by atoms with van der Waals surface area (Å²) >= 11 is 0. The van der Waals surface area contributed by atoms with Crippen LogP contribution in [0.4, 0.5) is 17.6 Å². The van der Waals surface area contributed by atoms with E-state index in [0.29, 0.717) is 6.07 Å². The lowest BCUT2D eigenvalue weighted by molar-refractivity contribution is -0.140. The predicted octanol–water partition coefficient (Wildman–Crippen LogP) is 1.59. The topological polar surface area (TPSA) is 76.2 Å². The number of alkyl halides is 3. The summed E-state index contributed by atoms with van der Waals surface area (Å²) in [6, 6.07) is 2.62. The van der Waals surface area contributed by atoms with Crippen molar-refractivity contribution in [3.05, 3.63) is 41.0 Å². The molecule has 1 aromatic carbocycles. The number of halogens is 4. The Hall–Kier alpha value is -2.52. The van der Waals surface area contributed by atoms with Crippen LogP contribution in [0.3, 0.4) is 0 Å². The van der Waals surface area contributed by atoms with Gasteiger partial charge in [0.2, 0.25) is 5.82 Å². The number of hydrogen-bond donors (Lipinski definition) is 1. The molecule has 0 amide bonds. The lowest BCUT2D eigenvalue weighted by atomic mass is 10.0. The molecule has 0 atom stereocenters. The Morgan fingerprint density at radius 3 is 2.55 bits per heavy atom. The molecule has 1 N–H and O–H groups in total. The van der Waals surface area contributed by atoms with Crippen molar-refractivity contribution in [1.29, 1.82) is 0 Å². The van der Waals surface area contributed by atoms with Gasteiger partial charge in [0.25, 0.3) is 0 Å². The van der Waals surface area contributed by atoms with Crippen molar-refractivity contribution in [2.75, 3.05) is 0 Å². The highest BCUT2D eigenvalue weighted by Crippen LogP contribution is 2.32. The Kier molecular flexibility index (Phi) is 3.38. The fourth-order valence-corrected chi connectivity index (χ4v) is 1.58. The molecular formula is C10H7F4N5O. The van der Waals surface area contributed by atoms with Crippen LogP contribution in [0, 0.1) is 5.82 Å². The third-order valence-corrected chi connectivity index (χ3v) is 2.49. The van der Waals surface area contributed by atoms with Crippen molar-refractivity contribution in [2.24, 2.45) is 12.2 Å². The van der Waals surface area contributed by atoms with E-state index in [9.17, 15) is 17.6 Å². The molecule has 0 fully saturated rings. The molecule has 2 rings (SSSR count). The second kappa shape index (κ2) is 4.87. The van der Waals surface area contributed by atoms with E-state index < -0.39 is 28.8 Å². The van der Waals surface area contributed by atoms with Crippen LogP contribution in [-0.2, 0) is 13.2 Å². The van der Waals surface area contributed by atoms with Crippen molar-refractivity contribution in [3.63, 3.8) is 0 Å². The molecule has 0 unspecified atom stereocenters. The van der Waals surface area contributed by atoms with Gasteiger partial charge in [-0.3, -0.25) is 0 Å². The van der Waals surface area contributed by atoms with Gasteiger partial charge in [-0.05, 0) is 22.6 Å². The first-order valence-electron chi connectivity index (χ1n) is 5.17. The van der Waals surface area contributed by atoms with Gasteiger partial charge in [0, 0.05) is 12.6 Å². The molecule has 2 aromatic rings. The zero-order valence-corrected chi connectivity index (χ0v) is 9.93. The normalized spacial score (nSPS) is 12.8. The number of hydrogen-bond acceptors (Lipinski definition) is 5. The Balaban J connectivity index is 2.61. The molecule has 0 aliphatic heterocycles.